The van der Waals surface area contributed by atoms with E-state index >= 15 is 0 Å². The van der Waals surface area contributed by atoms with Gasteiger partial charge >= 0.3 is 11.9 Å². The van der Waals surface area contributed by atoms with E-state index in [-0.39, 0.29) is 37.7 Å². The molecular formula is C57H73N7O12. The number of nitrogens with zero attached hydrogens (tertiary/aromatic N) is 1. The third-order valence-electron chi connectivity index (χ3n) is 13.4. The van der Waals surface area contributed by atoms with Crippen molar-refractivity contribution in [2.75, 3.05) is 14.2 Å². The topological polar surface area (TPSA) is 279 Å². The molecule has 1 heterocycles. The number of hydrogen-bond acceptors (Lipinski definition) is 10. The van der Waals surface area contributed by atoms with Crippen LogP contribution in [0.15, 0.2) is 127 Å². The number of carbonyl (C=O) groups excluding carboxylic acids is 7. The predicted octanol–water partition coefficient (Wildman–Crippen LogP) is 3.78. The molecule has 1 aliphatic rings. The van der Waals surface area contributed by atoms with Crippen LogP contribution in [0.25, 0.3) is 0 Å². The predicted molar refractivity (Wildman–Crippen MR) is 285 cm³/mol. The molecule has 10 atom stereocenters. The maximum atomic E-state index is 14.6. The summed E-state index contributed by atoms with van der Waals surface area (Å²) in [5, 5.41) is 36.2. The molecule has 0 saturated carbocycles. The van der Waals surface area contributed by atoms with Crippen LogP contribution in [-0.4, -0.2) is 125 Å². The summed E-state index contributed by atoms with van der Waals surface area (Å²) in [4.78, 5) is 124. The lowest BCUT2D eigenvalue weighted by Gasteiger charge is -2.28. The molecule has 0 aromatic heterocycles. The Balaban J connectivity index is 1.77. The van der Waals surface area contributed by atoms with Gasteiger partial charge in [0.05, 0.1) is 24.0 Å². The van der Waals surface area contributed by atoms with Gasteiger partial charge in [-0.05, 0) is 69.1 Å². The first kappa shape index (κ1) is 60.6. The van der Waals surface area contributed by atoms with E-state index in [0.29, 0.717) is 6.42 Å². The summed E-state index contributed by atoms with van der Waals surface area (Å²) in [5.41, 5.74) is 2.99. The zero-order valence-electron chi connectivity index (χ0n) is 44.2. The van der Waals surface area contributed by atoms with Crippen LogP contribution in [0.2, 0.25) is 0 Å². The molecule has 408 valence electrons. The van der Waals surface area contributed by atoms with Gasteiger partial charge in [0.2, 0.25) is 35.4 Å². The normalized spacial score (nSPS) is 24.4. The molecule has 8 N–H and O–H groups in total. The van der Waals surface area contributed by atoms with E-state index in [1.807, 2.05) is 68.5 Å². The lowest BCUT2D eigenvalue weighted by atomic mass is 9.94. The van der Waals surface area contributed by atoms with E-state index in [1.165, 1.54) is 27.8 Å². The second-order valence-corrected chi connectivity index (χ2v) is 19.2. The standard InChI is InChI=1S/C57H73N7O12/c1-34(32-35(2)47(76-8)33-42-22-16-11-17-23-42)24-27-43-36(3)50(66)62-46(56(72)73)30-31-48(65)64(7)39(6)53(69)58-38(5)52(68)61-45(29-26-41-20-14-10-15-21-41)55(71)63-49(57(74)75)37(4)51(67)60-44(54(70)59-43)28-25-40-18-12-9-13-19-40/h9-24,27,32,35-38,43-47,49H,6,25-26,28-31,33H2,1-5,7-8H3,(H,58,69)(H,59,70)(H,60,67)(H,61,68)(H,62,66)(H,63,71)(H,72,73)(H,74,75)/b27-24+,34-32+/t35-,36-,37-,38+,43?,44-,45-,46?,47-,49+/m0/s1. The number of ether oxygens (including phenoxy) is 1. The number of carbonyl (C=O) groups is 9. The highest BCUT2D eigenvalue weighted by atomic mass is 16.5. The average Bonchev–Trinajstić information content (AvgIpc) is 3.40. The van der Waals surface area contributed by atoms with E-state index in [0.717, 1.165) is 27.2 Å². The Morgan fingerprint density at radius 2 is 1.18 bits per heavy atom. The van der Waals surface area contributed by atoms with E-state index in [4.69, 9.17) is 4.74 Å². The van der Waals surface area contributed by atoms with E-state index < -0.39 is 120 Å². The van der Waals surface area contributed by atoms with Crippen molar-refractivity contribution in [1.82, 2.24) is 36.8 Å². The quantitative estimate of drug-likeness (QED) is 0.0798. The second-order valence-electron chi connectivity index (χ2n) is 19.2. The Hall–Kier alpha value is -7.93. The minimum atomic E-state index is -1.88. The molecule has 1 aliphatic heterocycles. The molecule has 3 aromatic carbocycles. The number of benzene rings is 3. The number of aryl methyl sites for hydroxylation is 2. The molecule has 1 fully saturated rings. The molecular weight excluding hydrogens is 975 g/mol. The van der Waals surface area contributed by atoms with E-state index in [9.17, 15) is 53.4 Å². The number of amides is 7. The summed E-state index contributed by atoms with van der Waals surface area (Å²) in [6.45, 7) is 11.5. The third kappa shape index (κ3) is 18.8. The number of methoxy groups -OCH3 is 1. The van der Waals surface area contributed by atoms with Crippen molar-refractivity contribution in [3.05, 3.63) is 144 Å². The molecule has 3 aromatic rings. The summed E-state index contributed by atoms with van der Waals surface area (Å²) in [5.74, 6) is -11.9. The number of likely N-dealkylation sites (N-methyl/N-ethyl adjacent to an activating group) is 1. The molecule has 19 heteroatoms. The fourth-order valence-electron chi connectivity index (χ4n) is 8.43. The molecule has 19 nitrogen and oxygen atoms in total. The molecule has 0 spiro atoms. The maximum absolute atomic E-state index is 14.6. The van der Waals surface area contributed by atoms with Gasteiger partial charge in [0, 0.05) is 26.5 Å². The molecule has 2 unspecified atom stereocenters. The van der Waals surface area contributed by atoms with Gasteiger partial charge in [0.15, 0.2) is 0 Å². The number of hydrogen-bond donors (Lipinski definition) is 8. The molecule has 7 amide bonds. The van der Waals surface area contributed by atoms with Crippen LogP contribution in [-0.2, 0) is 67.2 Å². The Bertz CT molecular complexity index is 2570. The summed E-state index contributed by atoms with van der Waals surface area (Å²) in [6, 6.07) is 19.1. The Morgan fingerprint density at radius 3 is 1.70 bits per heavy atom. The first-order valence-corrected chi connectivity index (χ1v) is 25.3. The Labute approximate surface area is 444 Å². The number of allylic oxidation sites excluding steroid dienone is 2. The Morgan fingerprint density at radius 1 is 0.684 bits per heavy atom. The highest BCUT2D eigenvalue weighted by molar-refractivity contribution is 6.00. The summed E-state index contributed by atoms with van der Waals surface area (Å²) < 4.78 is 5.85. The van der Waals surface area contributed by atoms with Crippen molar-refractivity contribution in [2.45, 2.75) is 122 Å². The molecule has 0 bridgehead atoms. The summed E-state index contributed by atoms with van der Waals surface area (Å²) >= 11 is 0. The SMILES string of the molecule is C=C1C(=O)N[C@H](C)C(=O)N[C@@H](CCc2ccccc2)C(=O)N[C@@H](C(=O)O)[C@H](C)C(=O)N[C@@H](CCc2ccccc2)C(=O)NC(/C=C/C(C)=C/[C@H](C)[C@H](Cc2ccccc2)OC)[C@H](C)C(=O)NC(C(=O)O)CCC(=O)N1C. The monoisotopic (exact) mass is 1050 g/mol. The zero-order valence-corrected chi connectivity index (χ0v) is 44.2. The number of carboxylic acid groups (broad SMARTS) is 2. The average molecular weight is 1050 g/mol. The van der Waals surface area contributed by atoms with Gasteiger partial charge in [-0.1, -0.05) is 142 Å². The second kappa shape index (κ2) is 29.8. The fourth-order valence-corrected chi connectivity index (χ4v) is 8.43. The van der Waals surface area contributed by atoms with Crippen molar-refractivity contribution in [3.63, 3.8) is 0 Å². The van der Waals surface area contributed by atoms with Gasteiger partial charge in [-0.2, -0.15) is 0 Å². The van der Waals surface area contributed by atoms with Crippen LogP contribution in [0, 0.1) is 17.8 Å². The molecule has 0 aliphatic carbocycles. The van der Waals surface area contributed by atoms with E-state index in [2.05, 4.69) is 38.5 Å². The van der Waals surface area contributed by atoms with Gasteiger partial charge in [0.25, 0.3) is 5.91 Å². The van der Waals surface area contributed by atoms with Crippen LogP contribution >= 0.6 is 0 Å². The van der Waals surface area contributed by atoms with E-state index in [1.54, 1.807) is 61.7 Å². The molecule has 1 saturated heterocycles. The van der Waals surface area contributed by atoms with Crippen molar-refractivity contribution < 1.29 is 58.1 Å². The zero-order chi connectivity index (χ0) is 56.1. The van der Waals surface area contributed by atoms with Gasteiger partial charge in [-0.3, -0.25) is 33.6 Å². The molecule has 0 radical (unpaired) electrons. The number of rotatable bonds is 15. The van der Waals surface area contributed by atoms with Crippen molar-refractivity contribution >= 4 is 53.3 Å². The lowest BCUT2D eigenvalue weighted by molar-refractivity contribution is -0.146. The highest BCUT2D eigenvalue weighted by Crippen LogP contribution is 2.19. The van der Waals surface area contributed by atoms with Crippen LogP contribution in [0.1, 0.15) is 77.0 Å². The van der Waals surface area contributed by atoms with Crippen molar-refractivity contribution in [3.8, 4) is 0 Å². The smallest absolute Gasteiger partial charge is 0.327 e. The van der Waals surface area contributed by atoms with Crippen molar-refractivity contribution in [2.24, 2.45) is 17.8 Å². The number of aliphatic carboxylic acids is 2. The molecule has 4 rings (SSSR count). The van der Waals surface area contributed by atoms with Gasteiger partial charge in [-0.15, -0.1) is 0 Å². The van der Waals surface area contributed by atoms with Gasteiger partial charge in [-0.25, -0.2) is 9.59 Å². The summed E-state index contributed by atoms with van der Waals surface area (Å²) in [6.07, 6.45) is 5.20. The first-order valence-electron chi connectivity index (χ1n) is 25.3. The fraction of sp³-hybridized carbons (Fsp3) is 0.421. The summed E-state index contributed by atoms with van der Waals surface area (Å²) in [7, 11) is 2.85. The number of carboxylic acids is 2. The van der Waals surface area contributed by atoms with Crippen LogP contribution in [0.4, 0.5) is 0 Å². The minimum Gasteiger partial charge on any atom is -0.480 e. The van der Waals surface area contributed by atoms with Crippen LogP contribution < -0.4 is 31.9 Å². The largest absolute Gasteiger partial charge is 0.480 e. The van der Waals surface area contributed by atoms with Crippen molar-refractivity contribution in [1.29, 1.82) is 0 Å². The lowest BCUT2D eigenvalue weighted by Crippen LogP contribution is -2.59. The van der Waals surface area contributed by atoms with Gasteiger partial charge in [0.1, 0.15) is 35.9 Å². The van der Waals surface area contributed by atoms with Crippen LogP contribution in [0.5, 0.6) is 0 Å². The Kier molecular flexibility index (Phi) is 23.8. The molecule has 76 heavy (non-hydrogen) atoms. The maximum Gasteiger partial charge on any atom is 0.327 e. The third-order valence-corrected chi connectivity index (χ3v) is 13.4. The van der Waals surface area contributed by atoms with Crippen LogP contribution in [0.3, 0.4) is 0 Å². The number of nitrogens with one attached hydrogen (secondary N) is 6. The minimum absolute atomic E-state index is 0.00994. The first-order chi connectivity index (χ1) is 36.1. The highest BCUT2D eigenvalue weighted by Gasteiger charge is 2.37. The van der Waals surface area contributed by atoms with Gasteiger partial charge < -0.3 is 51.8 Å².